The molecular weight excluding hydrogens is 415 g/mol. The molecule has 3 rings (SSSR count). The van der Waals surface area contributed by atoms with E-state index in [0.29, 0.717) is 0 Å². The predicted octanol–water partition coefficient (Wildman–Crippen LogP) is 5.68. The number of hydrogen-bond donors (Lipinski definition) is 1. The first-order valence-electron chi connectivity index (χ1n) is 6.41. The summed E-state index contributed by atoms with van der Waals surface area (Å²) < 4.78 is 1.11. The van der Waals surface area contributed by atoms with Crippen molar-refractivity contribution in [3.63, 3.8) is 0 Å². The molecular formula is C16H12ClIN2S. The fourth-order valence-corrected chi connectivity index (χ4v) is 3.74. The molecule has 2 nitrogen and oxygen atoms in total. The minimum atomic E-state index is 0.717. The summed E-state index contributed by atoms with van der Waals surface area (Å²) in [4.78, 5) is 4.67. The van der Waals surface area contributed by atoms with Crippen LogP contribution in [0, 0.1) is 3.57 Å². The lowest BCUT2D eigenvalue weighted by molar-refractivity contribution is 1.10. The van der Waals surface area contributed by atoms with E-state index in [1.165, 1.54) is 0 Å². The van der Waals surface area contributed by atoms with Crippen molar-refractivity contribution in [2.24, 2.45) is 0 Å². The molecule has 0 saturated heterocycles. The van der Waals surface area contributed by atoms with Crippen molar-refractivity contribution in [3.8, 4) is 11.3 Å². The molecule has 0 aliphatic rings. The van der Waals surface area contributed by atoms with Gasteiger partial charge in [0.05, 0.1) is 12.2 Å². The maximum Gasteiger partial charge on any atom is 0.112 e. The molecule has 0 aliphatic heterocycles. The molecule has 0 radical (unpaired) electrons. The van der Waals surface area contributed by atoms with E-state index in [4.69, 9.17) is 11.6 Å². The predicted molar refractivity (Wildman–Crippen MR) is 99.0 cm³/mol. The van der Waals surface area contributed by atoms with Crippen molar-refractivity contribution in [1.82, 2.24) is 4.98 Å². The number of thiazole rings is 1. The van der Waals surface area contributed by atoms with Gasteiger partial charge in [0.25, 0.3) is 0 Å². The molecule has 0 fully saturated rings. The third-order valence-corrected chi connectivity index (χ3v) is 4.96. The van der Waals surface area contributed by atoms with Crippen LogP contribution in [-0.4, -0.2) is 4.98 Å². The first kappa shape index (κ1) is 14.8. The maximum absolute atomic E-state index is 5.96. The monoisotopic (exact) mass is 426 g/mol. The molecule has 3 aromatic rings. The number of nitrogens with zero attached hydrogens (tertiary/aromatic N) is 1. The Kier molecular flexibility index (Phi) is 4.77. The number of rotatable bonds is 4. The molecule has 0 saturated carbocycles. The second-order valence-electron chi connectivity index (χ2n) is 4.47. The molecule has 2 aromatic carbocycles. The van der Waals surface area contributed by atoms with E-state index in [2.05, 4.69) is 50.4 Å². The van der Waals surface area contributed by atoms with Gasteiger partial charge in [-0.15, -0.1) is 11.3 Å². The van der Waals surface area contributed by atoms with Gasteiger partial charge < -0.3 is 5.32 Å². The molecule has 0 amide bonds. The zero-order valence-electron chi connectivity index (χ0n) is 11.0. The van der Waals surface area contributed by atoms with Crippen LogP contribution in [0.3, 0.4) is 0 Å². The average molecular weight is 427 g/mol. The van der Waals surface area contributed by atoms with Crippen LogP contribution >= 0.6 is 45.5 Å². The van der Waals surface area contributed by atoms with E-state index in [1.54, 1.807) is 11.3 Å². The Morgan fingerprint density at radius 2 is 1.95 bits per heavy atom. The highest BCUT2D eigenvalue weighted by Crippen LogP contribution is 2.25. The molecule has 0 unspecified atom stereocenters. The Hall–Kier alpha value is -1.11. The summed E-state index contributed by atoms with van der Waals surface area (Å²) in [6, 6.07) is 16.1. The van der Waals surface area contributed by atoms with Gasteiger partial charge in [-0.2, -0.15) is 0 Å². The minimum Gasteiger partial charge on any atom is -0.378 e. The molecule has 1 heterocycles. The first-order chi connectivity index (χ1) is 10.2. The van der Waals surface area contributed by atoms with E-state index in [-0.39, 0.29) is 0 Å². The Morgan fingerprint density at radius 1 is 1.14 bits per heavy atom. The van der Waals surface area contributed by atoms with E-state index in [1.807, 2.05) is 36.4 Å². The van der Waals surface area contributed by atoms with Crippen LogP contribution in [0.2, 0.25) is 5.02 Å². The summed E-state index contributed by atoms with van der Waals surface area (Å²) in [6.45, 7) is 0.717. The number of nitrogens with one attached hydrogen (secondary N) is 1. The van der Waals surface area contributed by atoms with E-state index >= 15 is 0 Å². The summed E-state index contributed by atoms with van der Waals surface area (Å²) in [5, 5.41) is 7.32. The topological polar surface area (TPSA) is 24.9 Å². The van der Waals surface area contributed by atoms with Gasteiger partial charge in [0.15, 0.2) is 0 Å². The third-order valence-electron chi connectivity index (χ3n) is 2.98. The highest BCUT2D eigenvalue weighted by molar-refractivity contribution is 14.1. The quantitative estimate of drug-likeness (QED) is 0.543. The smallest absolute Gasteiger partial charge is 0.112 e. The van der Waals surface area contributed by atoms with Crippen molar-refractivity contribution in [3.05, 3.63) is 67.5 Å². The van der Waals surface area contributed by atoms with E-state index in [0.717, 1.165) is 37.1 Å². The Balaban J connectivity index is 1.70. The molecule has 106 valence electrons. The van der Waals surface area contributed by atoms with Gasteiger partial charge in [-0.25, -0.2) is 4.98 Å². The fraction of sp³-hybridized carbons (Fsp3) is 0.0625. The van der Waals surface area contributed by atoms with Crippen LogP contribution in [0.1, 0.15) is 5.01 Å². The van der Waals surface area contributed by atoms with Crippen LogP contribution < -0.4 is 5.32 Å². The Bertz CT molecular complexity index is 743. The van der Waals surface area contributed by atoms with Gasteiger partial charge in [0.2, 0.25) is 0 Å². The zero-order valence-corrected chi connectivity index (χ0v) is 14.7. The van der Waals surface area contributed by atoms with Gasteiger partial charge in [-0.3, -0.25) is 0 Å². The summed E-state index contributed by atoms with van der Waals surface area (Å²) >= 11 is 9.91. The van der Waals surface area contributed by atoms with Crippen LogP contribution in [0.5, 0.6) is 0 Å². The SMILES string of the molecule is Clc1ccc(NCc2nc(-c3ccccc3)cs2)c(I)c1. The second-order valence-corrected chi connectivity index (χ2v) is 7.01. The highest BCUT2D eigenvalue weighted by Gasteiger charge is 2.05. The fourth-order valence-electron chi connectivity index (χ4n) is 1.94. The second kappa shape index (κ2) is 6.77. The van der Waals surface area contributed by atoms with Gasteiger partial charge in [-0.1, -0.05) is 41.9 Å². The lowest BCUT2D eigenvalue weighted by Crippen LogP contribution is -2.00. The van der Waals surface area contributed by atoms with Gasteiger partial charge in [0, 0.05) is 25.2 Å². The molecule has 0 spiro atoms. The van der Waals surface area contributed by atoms with Gasteiger partial charge in [-0.05, 0) is 40.8 Å². The minimum absolute atomic E-state index is 0.717. The summed E-state index contributed by atoms with van der Waals surface area (Å²) in [5.41, 5.74) is 3.26. The molecule has 0 aliphatic carbocycles. The molecule has 21 heavy (non-hydrogen) atoms. The summed E-state index contributed by atoms with van der Waals surface area (Å²) in [6.07, 6.45) is 0. The van der Waals surface area contributed by atoms with E-state index in [9.17, 15) is 0 Å². The number of benzene rings is 2. The van der Waals surface area contributed by atoms with Crippen LogP contribution in [0.4, 0.5) is 5.69 Å². The van der Waals surface area contributed by atoms with E-state index < -0.39 is 0 Å². The number of anilines is 1. The Labute approximate surface area is 146 Å². The third kappa shape index (κ3) is 3.75. The average Bonchev–Trinajstić information content (AvgIpc) is 2.96. The molecule has 0 bridgehead atoms. The standard InChI is InChI=1S/C16H12ClIN2S/c17-12-6-7-14(13(18)8-12)19-9-16-20-15(10-21-16)11-4-2-1-3-5-11/h1-8,10,19H,9H2. The van der Waals surface area contributed by atoms with Gasteiger partial charge >= 0.3 is 0 Å². The Morgan fingerprint density at radius 3 is 2.71 bits per heavy atom. The molecule has 1 N–H and O–H groups in total. The van der Waals surface area contributed by atoms with Crippen molar-refractivity contribution in [2.75, 3.05) is 5.32 Å². The first-order valence-corrected chi connectivity index (χ1v) is 8.75. The van der Waals surface area contributed by atoms with Crippen molar-refractivity contribution < 1.29 is 0 Å². The van der Waals surface area contributed by atoms with Crippen molar-refractivity contribution in [1.29, 1.82) is 0 Å². The molecule has 5 heteroatoms. The summed E-state index contributed by atoms with van der Waals surface area (Å²) in [5.74, 6) is 0. The van der Waals surface area contributed by atoms with Crippen LogP contribution in [0.15, 0.2) is 53.9 Å². The molecule has 0 atom stereocenters. The van der Waals surface area contributed by atoms with Crippen LogP contribution in [0.25, 0.3) is 11.3 Å². The van der Waals surface area contributed by atoms with Gasteiger partial charge in [0.1, 0.15) is 5.01 Å². The van der Waals surface area contributed by atoms with Crippen molar-refractivity contribution >= 4 is 51.2 Å². The zero-order chi connectivity index (χ0) is 14.7. The van der Waals surface area contributed by atoms with Crippen LogP contribution in [-0.2, 0) is 6.54 Å². The number of hydrogen-bond acceptors (Lipinski definition) is 3. The maximum atomic E-state index is 5.96. The normalized spacial score (nSPS) is 10.6. The van der Waals surface area contributed by atoms with Crippen molar-refractivity contribution in [2.45, 2.75) is 6.54 Å². The summed E-state index contributed by atoms with van der Waals surface area (Å²) in [7, 11) is 0. The largest absolute Gasteiger partial charge is 0.378 e. The molecule has 1 aromatic heterocycles. The number of halogens is 2. The number of aromatic nitrogens is 1. The highest BCUT2D eigenvalue weighted by atomic mass is 127. The lowest BCUT2D eigenvalue weighted by Gasteiger charge is -2.07. The lowest BCUT2D eigenvalue weighted by atomic mass is 10.2.